The average Bonchev–Trinajstić information content (AvgIpc) is 2.62. The molecule has 0 saturated carbocycles. The van der Waals surface area contributed by atoms with Crippen molar-refractivity contribution in [3.05, 3.63) is 23.8 Å². The molecular formula is C18H25ClF2N2O5. The normalized spacial score (nSPS) is 16.9. The Morgan fingerprint density at radius 1 is 1.36 bits per heavy atom. The number of ether oxygens (including phenoxy) is 2. The third kappa shape index (κ3) is 7.47. The monoisotopic (exact) mass is 422 g/mol. The van der Waals surface area contributed by atoms with E-state index in [4.69, 9.17) is 9.84 Å². The maximum atomic E-state index is 12.3. The lowest BCUT2D eigenvalue weighted by Gasteiger charge is -2.29. The standard InChI is InChI=1S/C18H24F2N2O5.ClH/c1-26-15-9-12(4-5-14(15)27-18(19)20)6-7-21-16(23)11-22-8-2-3-13(10-22)17(24)25;/h4-5,9,13,18H,2-3,6-8,10-11H2,1H3,(H,21,23)(H,24,25);1H. The number of aliphatic carboxylic acids is 1. The Balaban J connectivity index is 0.00000392. The number of piperidine rings is 1. The van der Waals surface area contributed by atoms with Crippen LogP contribution in [0.5, 0.6) is 11.5 Å². The lowest BCUT2D eigenvalue weighted by atomic mass is 9.98. The molecule has 0 radical (unpaired) electrons. The Morgan fingerprint density at radius 2 is 2.11 bits per heavy atom. The van der Waals surface area contributed by atoms with Gasteiger partial charge in [0.2, 0.25) is 5.91 Å². The number of halogens is 3. The molecule has 158 valence electrons. The second-order valence-electron chi connectivity index (χ2n) is 6.38. The van der Waals surface area contributed by atoms with Crippen LogP contribution in [0.2, 0.25) is 0 Å². The Hall–Kier alpha value is -2.13. The van der Waals surface area contributed by atoms with Crippen molar-refractivity contribution < 1.29 is 33.0 Å². The SMILES string of the molecule is COc1cc(CCNC(=O)CN2CCCC(C(=O)O)C2)ccc1OC(F)F.Cl. The minimum atomic E-state index is -2.93. The fraction of sp³-hybridized carbons (Fsp3) is 0.556. The van der Waals surface area contributed by atoms with Gasteiger partial charge in [-0.1, -0.05) is 6.07 Å². The minimum absolute atomic E-state index is 0. The maximum Gasteiger partial charge on any atom is 0.387 e. The summed E-state index contributed by atoms with van der Waals surface area (Å²) in [6.45, 7) is -1.31. The van der Waals surface area contributed by atoms with Crippen LogP contribution in [0.25, 0.3) is 0 Å². The summed E-state index contributed by atoms with van der Waals surface area (Å²) in [6, 6.07) is 4.63. The number of carboxylic acid groups (broad SMARTS) is 1. The second kappa shape index (κ2) is 11.7. The molecule has 0 aromatic heterocycles. The molecule has 0 spiro atoms. The Morgan fingerprint density at radius 3 is 2.75 bits per heavy atom. The van der Waals surface area contributed by atoms with Crippen LogP contribution in [-0.2, 0) is 16.0 Å². The van der Waals surface area contributed by atoms with Gasteiger partial charge in [-0.05, 0) is 43.5 Å². The van der Waals surface area contributed by atoms with E-state index >= 15 is 0 Å². The molecule has 1 aromatic carbocycles. The van der Waals surface area contributed by atoms with Crippen LogP contribution in [0, 0.1) is 5.92 Å². The fourth-order valence-corrected chi connectivity index (χ4v) is 3.07. The number of carboxylic acids is 1. The summed E-state index contributed by atoms with van der Waals surface area (Å²) in [5.41, 5.74) is 0.803. The van der Waals surface area contributed by atoms with Crippen LogP contribution >= 0.6 is 12.4 Å². The Labute approximate surface area is 168 Å². The van der Waals surface area contributed by atoms with Crippen molar-refractivity contribution in [3.63, 3.8) is 0 Å². The van der Waals surface area contributed by atoms with E-state index < -0.39 is 18.5 Å². The molecule has 1 aliphatic rings. The molecule has 1 fully saturated rings. The molecule has 1 atom stereocenters. The molecule has 1 amide bonds. The first-order valence-corrected chi connectivity index (χ1v) is 8.72. The first-order chi connectivity index (χ1) is 12.9. The molecule has 1 aromatic rings. The summed E-state index contributed by atoms with van der Waals surface area (Å²) < 4.78 is 34.1. The maximum absolute atomic E-state index is 12.3. The van der Waals surface area contributed by atoms with E-state index in [1.54, 1.807) is 12.1 Å². The highest BCUT2D eigenvalue weighted by Gasteiger charge is 2.26. The van der Waals surface area contributed by atoms with E-state index in [1.165, 1.54) is 13.2 Å². The van der Waals surface area contributed by atoms with Gasteiger partial charge in [0.25, 0.3) is 0 Å². The zero-order valence-electron chi connectivity index (χ0n) is 15.5. The first-order valence-electron chi connectivity index (χ1n) is 8.72. The van der Waals surface area contributed by atoms with Gasteiger partial charge in [0.15, 0.2) is 11.5 Å². The van der Waals surface area contributed by atoms with Crippen molar-refractivity contribution in [2.75, 3.05) is 33.3 Å². The molecule has 0 aliphatic carbocycles. The number of nitrogens with zero attached hydrogens (tertiary/aromatic N) is 1. The van der Waals surface area contributed by atoms with Crippen LogP contribution < -0.4 is 14.8 Å². The van der Waals surface area contributed by atoms with Crippen LogP contribution in [0.4, 0.5) is 8.78 Å². The minimum Gasteiger partial charge on any atom is -0.493 e. The quantitative estimate of drug-likeness (QED) is 0.634. The number of nitrogens with one attached hydrogen (secondary N) is 1. The van der Waals surface area contributed by atoms with Gasteiger partial charge in [0.1, 0.15) is 0 Å². The van der Waals surface area contributed by atoms with Crippen molar-refractivity contribution >= 4 is 24.3 Å². The molecule has 7 nitrogen and oxygen atoms in total. The predicted molar refractivity (Wildman–Crippen MR) is 100 cm³/mol. The molecule has 28 heavy (non-hydrogen) atoms. The van der Waals surface area contributed by atoms with Crippen molar-refractivity contribution in [1.29, 1.82) is 0 Å². The number of amides is 1. The number of hydrogen-bond donors (Lipinski definition) is 2. The lowest BCUT2D eigenvalue weighted by Crippen LogP contribution is -2.44. The number of methoxy groups -OCH3 is 1. The number of hydrogen-bond acceptors (Lipinski definition) is 5. The van der Waals surface area contributed by atoms with Crippen LogP contribution in [0.3, 0.4) is 0 Å². The fourth-order valence-electron chi connectivity index (χ4n) is 3.07. The highest BCUT2D eigenvalue weighted by molar-refractivity contribution is 5.85. The lowest BCUT2D eigenvalue weighted by molar-refractivity contribution is -0.144. The van der Waals surface area contributed by atoms with Gasteiger partial charge >= 0.3 is 12.6 Å². The molecular weight excluding hydrogens is 398 g/mol. The molecule has 10 heteroatoms. The van der Waals surface area contributed by atoms with Gasteiger partial charge in [-0.3, -0.25) is 14.5 Å². The van der Waals surface area contributed by atoms with Gasteiger partial charge in [0, 0.05) is 13.1 Å². The summed E-state index contributed by atoms with van der Waals surface area (Å²) in [5.74, 6) is -1.27. The number of likely N-dealkylation sites (tertiary alicyclic amines) is 1. The zero-order chi connectivity index (χ0) is 19.8. The second-order valence-corrected chi connectivity index (χ2v) is 6.38. The zero-order valence-corrected chi connectivity index (χ0v) is 16.3. The Kier molecular flexibility index (Phi) is 9.95. The summed E-state index contributed by atoms with van der Waals surface area (Å²) in [4.78, 5) is 25.0. The van der Waals surface area contributed by atoms with E-state index in [1.807, 2.05) is 4.90 Å². The van der Waals surface area contributed by atoms with E-state index in [0.717, 1.165) is 12.0 Å². The van der Waals surface area contributed by atoms with Crippen LogP contribution in [-0.4, -0.2) is 61.8 Å². The van der Waals surface area contributed by atoms with Crippen molar-refractivity contribution in [2.24, 2.45) is 5.92 Å². The van der Waals surface area contributed by atoms with E-state index in [2.05, 4.69) is 10.1 Å². The van der Waals surface area contributed by atoms with Crippen molar-refractivity contribution in [1.82, 2.24) is 10.2 Å². The highest BCUT2D eigenvalue weighted by Crippen LogP contribution is 2.29. The molecule has 1 heterocycles. The average molecular weight is 423 g/mol. The third-order valence-electron chi connectivity index (χ3n) is 4.40. The summed E-state index contributed by atoms with van der Waals surface area (Å²) in [6.07, 6.45) is 1.90. The Bertz CT molecular complexity index is 663. The molecule has 1 unspecified atom stereocenters. The number of benzene rings is 1. The number of rotatable bonds is 9. The van der Waals surface area contributed by atoms with E-state index in [0.29, 0.717) is 32.5 Å². The molecule has 1 aliphatic heterocycles. The first kappa shape index (κ1) is 23.9. The molecule has 2 rings (SSSR count). The smallest absolute Gasteiger partial charge is 0.387 e. The summed E-state index contributed by atoms with van der Waals surface area (Å²) in [5, 5.41) is 11.9. The highest BCUT2D eigenvalue weighted by atomic mass is 35.5. The van der Waals surface area contributed by atoms with Crippen LogP contribution in [0.15, 0.2) is 18.2 Å². The summed E-state index contributed by atoms with van der Waals surface area (Å²) >= 11 is 0. The number of carbonyl (C=O) groups is 2. The van der Waals surface area contributed by atoms with Crippen LogP contribution in [0.1, 0.15) is 18.4 Å². The van der Waals surface area contributed by atoms with E-state index in [-0.39, 0.29) is 36.4 Å². The van der Waals surface area contributed by atoms with Crippen molar-refractivity contribution in [2.45, 2.75) is 25.9 Å². The number of carbonyl (C=O) groups excluding carboxylic acids is 1. The van der Waals surface area contributed by atoms with Crippen molar-refractivity contribution in [3.8, 4) is 11.5 Å². The largest absolute Gasteiger partial charge is 0.493 e. The predicted octanol–water partition coefficient (Wildman–Crippen LogP) is 2.17. The van der Waals surface area contributed by atoms with Gasteiger partial charge < -0.3 is 19.9 Å². The third-order valence-corrected chi connectivity index (χ3v) is 4.40. The molecule has 0 bridgehead atoms. The number of alkyl halides is 2. The summed E-state index contributed by atoms with van der Waals surface area (Å²) in [7, 11) is 1.36. The molecule has 1 saturated heterocycles. The molecule has 2 N–H and O–H groups in total. The van der Waals surface area contributed by atoms with Gasteiger partial charge in [-0.2, -0.15) is 8.78 Å². The van der Waals surface area contributed by atoms with E-state index in [9.17, 15) is 18.4 Å². The topological polar surface area (TPSA) is 88.1 Å². The van der Waals surface area contributed by atoms with Gasteiger partial charge in [-0.15, -0.1) is 12.4 Å². The van der Waals surface area contributed by atoms with Gasteiger partial charge in [-0.25, -0.2) is 0 Å². The van der Waals surface area contributed by atoms with Gasteiger partial charge in [0.05, 0.1) is 19.6 Å².